The standard InChI is InChI=1S/C15H19NO4/c1-10-5-6-11(9-12(10)20-2)13(17)16-15(14(18)19)7-3-4-8-15/h5-6,9H,3-4,7-8H2,1-2H3,(H,16,17)(H,18,19). The van der Waals surface area contributed by atoms with Crippen molar-refractivity contribution >= 4 is 11.9 Å². The summed E-state index contributed by atoms with van der Waals surface area (Å²) >= 11 is 0. The van der Waals surface area contributed by atoms with Gasteiger partial charge in [-0.1, -0.05) is 18.9 Å². The molecular weight excluding hydrogens is 258 g/mol. The maximum Gasteiger partial charge on any atom is 0.329 e. The number of benzene rings is 1. The number of aliphatic carboxylic acids is 1. The number of methoxy groups -OCH3 is 1. The Balaban J connectivity index is 2.21. The van der Waals surface area contributed by atoms with Crippen molar-refractivity contribution in [3.63, 3.8) is 0 Å². The van der Waals surface area contributed by atoms with Crippen LogP contribution in [0.25, 0.3) is 0 Å². The van der Waals surface area contributed by atoms with Crippen LogP contribution in [0, 0.1) is 6.92 Å². The molecule has 0 radical (unpaired) electrons. The number of amides is 1. The van der Waals surface area contributed by atoms with Gasteiger partial charge in [-0.3, -0.25) is 4.79 Å². The average Bonchev–Trinajstić information content (AvgIpc) is 2.89. The van der Waals surface area contributed by atoms with E-state index in [-0.39, 0.29) is 5.91 Å². The number of carboxylic acids is 1. The quantitative estimate of drug-likeness (QED) is 0.884. The molecule has 2 rings (SSSR count). The fourth-order valence-corrected chi connectivity index (χ4v) is 2.62. The fraction of sp³-hybridized carbons (Fsp3) is 0.467. The van der Waals surface area contributed by atoms with Gasteiger partial charge in [0.1, 0.15) is 11.3 Å². The zero-order chi connectivity index (χ0) is 14.8. The molecule has 1 aliphatic carbocycles. The van der Waals surface area contributed by atoms with E-state index in [1.54, 1.807) is 25.3 Å². The molecule has 0 bridgehead atoms. The van der Waals surface area contributed by atoms with Crippen LogP contribution in [0.3, 0.4) is 0 Å². The molecule has 0 aromatic heterocycles. The third-order valence-corrected chi connectivity index (χ3v) is 3.89. The van der Waals surface area contributed by atoms with E-state index in [2.05, 4.69) is 5.32 Å². The van der Waals surface area contributed by atoms with Gasteiger partial charge in [0.25, 0.3) is 5.91 Å². The number of carboxylic acid groups (broad SMARTS) is 1. The zero-order valence-corrected chi connectivity index (χ0v) is 11.7. The van der Waals surface area contributed by atoms with Crippen LogP contribution in [-0.4, -0.2) is 29.6 Å². The molecule has 0 spiro atoms. The van der Waals surface area contributed by atoms with Crippen molar-refractivity contribution in [1.29, 1.82) is 0 Å². The van der Waals surface area contributed by atoms with Crippen molar-refractivity contribution in [2.24, 2.45) is 0 Å². The maximum atomic E-state index is 12.3. The van der Waals surface area contributed by atoms with Crippen LogP contribution in [0.2, 0.25) is 0 Å². The van der Waals surface area contributed by atoms with E-state index in [1.165, 1.54) is 0 Å². The Morgan fingerprint density at radius 2 is 1.95 bits per heavy atom. The van der Waals surface area contributed by atoms with E-state index in [4.69, 9.17) is 4.74 Å². The van der Waals surface area contributed by atoms with Crippen molar-refractivity contribution < 1.29 is 19.4 Å². The Morgan fingerprint density at radius 1 is 1.30 bits per heavy atom. The van der Waals surface area contributed by atoms with Crippen LogP contribution in [-0.2, 0) is 4.79 Å². The molecule has 5 nitrogen and oxygen atoms in total. The van der Waals surface area contributed by atoms with Crippen LogP contribution in [0.1, 0.15) is 41.6 Å². The van der Waals surface area contributed by atoms with Crippen LogP contribution in [0.5, 0.6) is 5.75 Å². The molecule has 1 aliphatic rings. The topological polar surface area (TPSA) is 75.6 Å². The summed E-state index contributed by atoms with van der Waals surface area (Å²) in [7, 11) is 1.54. The molecule has 1 saturated carbocycles. The van der Waals surface area contributed by atoms with Crippen LogP contribution >= 0.6 is 0 Å². The molecule has 1 amide bonds. The van der Waals surface area contributed by atoms with Gasteiger partial charge in [-0.05, 0) is 37.5 Å². The Hall–Kier alpha value is -2.04. The Kier molecular flexibility index (Phi) is 3.97. The van der Waals surface area contributed by atoms with Crippen molar-refractivity contribution in [2.45, 2.75) is 38.1 Å². The lowest BCUT2D eigenvalue weighted by atomic mass is 9.97. The molecule has 20 heavy (non-hydrogen) atoms. The number of hydrogen-bond donors (Lipinski definition) is 2. The van der Waals surface area contributed by atoms with Crippen LogP contribution in [0.15, 0.2) is 18.2 Å². The van der Waals surface area contributed by atoms with Crippen molar-refractivity contribution in [3.8, 4) is 5.75 Å². The van der Waals surface area contributed by atoms with Gasteiger partial charge in [0.2, 0.25) is 0 Å². The number of ether oxygens (including phenoxy) is 1. The summed E-state index contributed by atoms with van der Waals surface area (Å²) in [4.78, 5) is 23.7. The summed E-state index contributed by atoms with van der Waals surface area (Å²) in [6.45, 7) is 1.89. The zero-order valence-electron chi connectivity index (χ0n) is 11.7. The lowest BCUT2D eigenvalue weighted by molar-refractivity contribution is -0.144. The summed E-state index contributed by atoms with van der Waals surface area (Å²) in [5.74, 6) is -0.705. The molecule has 0 atom stereocenters. The second kappa shape index (κ2) is 5.53. The molecule has 0 unspecified atom stereocenters. The highest BCUT2D eigenvalue weighted by molar-refractivity contribution is 5.98. The highest BCUT2D eigenvalue weighted by Crippen LogP contribution is 2.30. The van der Waals surface area contributed by atoms with Crippen LogP contribution in [0.4, 0.5) is 0 Å². The predicted octanol–water partition coefficient (Wildman–Crippen LogP) is 2.13. The molecule has 108 valence electrons. The summed E-state index contributed by atoms with van der Waals surface area (Å²) in [6.07, 6.45) is 2.61. The first kappa shape index (κ1) is 14.4. The summed E-state index contributed by atoms with van der Waals surface area (Å²) in [5.41, 5.74) is 0.229. The van der Waals surface area contributed by atoms with Crippen LogP contribution < -0.4 is 10.1 Å². The van der Waals surface area contributed by atoms with Gasteiger partial charge >= 0.3 is 5.97 Å². The van der Waals surface area contributed by atoms with Gasteiger partial charge in [0.05, 0.1) is 7.11 Å². The Bertz CT molecular complexity index is 533. The highest BCUT2D eigenvalue weighted by atomic mass is 16.5. The molecular formula is C15H19NO4. The fourth-order valence-electron chi connectivity index (χ4n) is 2.62. The van der Waals surface area contributed by atoms with Crippen molar-refractivity contribution in [3.05, 3.63) is 29.3 Å². The second-order valence-electron chi connectivity index (χ2n) is 5.23. The first-order chi connectivity index (χ1) is 9.48. The highest BCUT2D eigenvalue weighted by Gasteiger charge is 2.42. The smallest absolute Gasteiger partial charge is 0.329 e. The van der Waals surface area contributed by atoms with Gasteiger partial charge < -0.3 is 15.2 Å². The number of rotatable bonds is 4. The van der Waals surface area contributed by atoms with Gasteiger partial charge in [-0.25, -0.2) is 4.79 Å². The minimum atomic E-state index is -1.12. The molecule has 1 fully saturated rings. The van der Waals surface area contributed by atoms with Gasteiger partial charge in [0, 0.05) is 5.56 Å². The monoisotopic (exact) mass is 277 g/mol. The van der Waals surface area contributed by atoms with E-state index in [1.807, 2.05) is 6.92 Å². The SMILES string of the molecule is COc1cc(C(=O)NC2(C(=O)O)CCCC2)ccc1C. The minimum Gasteiger partial charge on any atom is -0.496 e. The molecule has 2 N–H and O–H groups in total. The van der Waals surface area contributed by atoms with Gasteiger partial charge in [-0.2, -0.15) is 0 Å². The number of carbonyl (C=O) groups excluding carboxylic acids is 1. The third-order valence-electron chi connectivity index (χ3n) is 3.89. The Labute approximate surface area is 117 Å². The lowest BCUT2D eigenvalue weighted by Crippen LogP contribution is -2.52. The van der Waals surface area contributed by atoms with E-state index in [0.29, 0.717) is 24.2 Å². The molecule has 0 aliphatic heterocycles. The number of carbonyl (C=O) groups is 2. The van der Waals surface area contributed by atoms with Gasteiger partial charge in [-0.15, -0.1) is 0 Å². The van der Waals surface area contributed by atoms with Crippen molar-refractivity contribution in [1.82, 2.24) is 5.32 Å². The largest absolute Gasteiger partial charge is 0.496 e. The molecule has 1 aromatic carbocycles. The first-order valence-corrected chi connectivity index (χ1v) is 6.69. The van der Waals surface area contributed by atoms with Crippen molar-refractivity contribution in [2.75, 3.05) is 7.11 Å². The lowest BCUT2D eigenvalue weighted by Gasteiger charge is -2.25. The predicted molar refractivity (Wildman–Crippen MR) is 74.0 cm³/mol. The summed E-state index contributed by atoms with van der Waals surface area (Å²) in [6, 6.07) is 5.10. The van der Waals surface area contributed by atoms with E-state index >= 15 is 0 Å². The normalized spacial score (nSPS) is 16.7. The minimum absolute atomic E-state index is 0.368. The number of aryl methyl sites for hydroxylation is 1. The van der Waals surface area contributed by atoms with E-state index < -0.39 is 11.5 Å². The third kappa shape index (κ3) is 2.61. The molecule has 0 heterocycles. The number of nitrogens with one attached hydrogen (secondary N) is 1. The summed E-state index contributed by atoms with van der Waals surface area (Å²) in [5, 5.41) is 12.0. The number of hydrogen-bond acceptors (Lipinski definition) is 3. The average molecular weight is 277 g/mol. The van der Waals surface area contributed by atoms with Gasteiger partial charge in [0.15, 0.2) is 0 Å². The molecule has 5 heteroatoms. The second-order valence-corrected chi connectivity index (χ2v) is 5.23. The molecule has 0 saturated heterocycles. The summed E-state index contributed by atoms with van der Waals surface area (Å²) < 4.78 is 5.18. The van der Waals surface area contributed by atoms with E-state index in [9.17, 15) is 14.7 Å². The molecule has 1 aromatic rings. The van der Waals surface area contributed by atoms with E-state index in [0.717, 1.165) is 18.4 Å². The Morgan fingerprint density at radius 3 is 2.50 bits per heavy atom. The first-order valence-electron chi connectivity index (χ1n) is 6.69. The maximum absolute atomic E-state index is 12.3.